The lowest BCUT2D eigenvalue weighted by molar-refractivity contribution is -0.126. The average molecular weight is 462 g/mol. The highest BCUT2D eigenvalue weighted by Crippen LogP contribution is 2.28. The van der Waals surface area contributed by atoms with Crippen molar-refractivity contribution in [3.05, 3.63) is 29.3 Å². The minimum Gasteiger partial charge on any atom is -0.354 e. The molecule has 1 aromatic carbocycles. The molecule has 2 aliphatic heterocycles. The van der Waals surface area contributed by atoms with E-state index in [1.807, 2.05) is 12.1 Å². The molecule has 1 atom stereocenters. The predicted molar refractivity (Wildman–Crippen MR) is 127 cm³/mol. The topological polar surface area (TPSA) is 69.7 Å². The van der Waals surface area contributed by atoms with Gasteiger partial charge in [0.15, 0.2) is 0 Å². The van der Waals surface area contributed by atoms with Gasteiger partial charge in [-0.15, -0.1) is 0 Å². The van der Waals surface area contributed by atoms with E-state index < -0.39 is 10.0 Å². The molecule has 0 unspecified atom stereocenters. The molecule has 3 aliphatic rings. The van der Waals surface area contributed by atoms with E-state index in [1.165, 1.54) is 30.4 Å². The lowest BCUT2D eigenvalue weighted by Crippen LogP contribution is -2.48. The average Bonchev–Trinajstić information content (AvgIpc) is 2.82. The van der Waals surface area contributed by atoms with E-state index in [0.717, 1.165) is 38.3 Å². The standard InChI is InChI=1S/C25H39N3O3S/c1-19-9-13-27(14-10-19)20(2)18-26-25(29)22-11-15-28(16-12-22)32(30,31)24-8-7-21-5-3-4-6-23(21)17-24/h7-8,17,19-20,22H,3-6,9-16,18H2,1-2H3,(H,26,29)/t20-/m0/s1. The van der Waals surface area contributed by atoms with Crippen molar-refractivity contribution in [3.8, 4) is 0 Å². The quantitative estimate of drug-likeness (QED) is 0.706. The van der Waals surface area contributed by atoms with Crippen LogP contribution in [-0.2, 0) is 27.7 Å². The third kappa shape index (κ3) is 5.37. The summed E-state index contributed by atoms with van der Waals surface area (Å²) in [5.41, 5.74) is 2.47. The minimum atomic E-state index is -3.49. The zero-order valence-corrected chi connectivity index (χ0v) is 20.5. The summed E-state index contributed by atoms with van der Waals surface area (Å²) in [7, 11) is -3.49. The molecular formula is C25H39N3O3S. The number of fused-ring (bicyclic) bond motifs is 1. The summed E-state index contributed by atoms with van der Waals surface area (Å²) >= 11 is 0. The number of carbonyl (C=O) groups is 1. The Kier molecular flexibility index (Phi) is 7.58. The molecule has 0 spiro atoms. The van der Waals surface area contributed by atoms with E-state index in [2.05, 4.69) is 24.1 Å². The number of hydrogen-bond acceptors (Lipinski definition) is 4. The van der Waals surface area contributed by atoms with Gasteiger partial charge in [0.25, 0.3) is 0 Å². The molecule has 32 heavy (non-hydrogen) atoms. The van der Waals surface area contributed by atoms with Gasteiger partial charge in [-0.3, -0.25) is 9.69 Å². The van der Waals surface area contributed by atoms with Gasteiger partial charge in [0, 0.05) is 31.6 Å². The maximum atomic E-state index is 13.2. The molecule has 178 valence electrons. The summed E-state index contributed by atoms with van der Waals surface area (Å²) < 4.78 is 27.9. The highest BCUT2D eigenvalue weighted by molar-refractivity contribution is 7.89. The second kappa shape index (κ2) is 10.2. The number of benzene rings is 1. The molecule has 7 heteroatoms. The van der Waals surface area contributed by atoms with Crippen LogP contribution in [-0.4, -0.2) is 62.3 Å². The molecule has 0 bridgehead atoms. The number of nitrogens with zero attached hydrogens (tertiary/aromatic N) is 2. The van der Waals surface area contributed by atoms with Gasteiger partial charge in [-0.2, -0.15) is 4.31 Å². The minimum absolute atomic E-state index is 0.0769. The summed E-state index contributed by atoms with van der Waals surface area (Å²) in [6.45, 7) is 8.20. The molecule has 1 aromatic rings. The Bertz CT molecular complexity index is 901. The highest BCUT2D eigenvalue weighted by atomic mass is 32.2. The molecule has 2 fully saturated rings. The van der Waals surface area contributed by atoms with Gasteiger partial charge in [-0.1, -0.05) is 13.0 Å². The largest absolute Gasteiger partial charge is 0.354 e. The normalized spacial score (nSPS) is 22.9. The van der Waals surface area contributed by atoms with Gasteiger partial charge in [0.05, 0.1) is 4.90 Å². The number of amides is 1. The lowest BCUT2D eigenvalue weighted by Gasteiger charge is -2.35. The number of nitrogens with one attached hydrogen (secondary N) is 1. The first-order chi connectivity index (χ1) is 15.3. The van der Waals surface area contributed by atoms with E-state index in [1.54, 1.807) is 10.4 Å². The zero-order chi connectivity index (χ0) is 22.7. The summed E-state index contributed by atoms with van der Waals surface area (Å²) in [6.07, 6.45) is 7.97. The van der Waals surface area contributed by atoms with Crippen molar-refractivity contribution in [2.24, 2.45) is 11.8 Å². The number of hydrogen-bond donors (Lipinski definition) is 1. The van der Waals surface area contributed by atoms with Crippen molar-refractivity contribution < 1.29 is 13.2 Å². The van der Waals surface area contributed by atoms with Crippen LogP contribution in [0.4, 0.5) is 0 Å². The number of rotatable bonds is 6. The van der Waals surface area contributed by atoms with Crippen molar-refractivity contribution in [1.29, 1.82) is 0 Å². The van der Waals surface area contributed by atoms with Gasteiger partial charge in [-0.05, 0) is 101 Å². The van der Waals surface area contributed by atoms with Gasteiger partial charge < -0.3 is 5.32 Å². The maximum Gasteiger partial charge on any atom is 0.243 e. The van der Waals surface area contributed by atoms with Crippen LogP contribution in [0.1, 0.15) is 63.5 Å². The summed E-state index contributed by atoms with van der Waals surface area (Å²) in [6, 6.07) is 5.98. The monoisotopic (exact) mass is 461 g/mol. The Hall–Kier alpha value is -1.44. The summed E-state index contributed by atoms with van der Waals surface area (Å²) in [5.74, 6) is 0.780. The van der Waals surface area contributed by atoms with E-state index in [-0.39, 0.29) is 11.8 Å². The van der Waals surface area contributed by atoms with Crippen molar-refractivity contribution in [3.63, 3.8) is 0 Å². The lowest BCUT2D eigenvalue weighted by atomic mass is 9.92. The van der Waals surface area contributed by atoms with Crippen LogP contribution in [0.3, 0.4) is 0 Å². The Morgan fingerprint density at radius 3 is 2.38 bits per heavy atom. The van der Waals surface area contributed by atoms with E-state index in [4.69, 9.17) is 0 Å². The molecule has 0 radical (unpaired) electrons. The van der Waals surface area contributed by atoms with Crippen molar-refractivity contribution >= 4 is 15.9 Å². The Morgan fingerprint density at radius 1 is 1.03 bits per heavy atom. The van der Waals surface area contributed by atoms with Crippen molar-refractivity contribution in [2.75, 3.05) is 32.7 Å². The molecule has 2 saturated heterocycles. The number of aryl methyl sites for hydroxylation is 2. The fourth-order valence-electron chi connectivity index (χ4n) is 5.37. The number of piperidine rings is 2. The zero-order valence-electron chi connectivity index (χ0n) is 19.7. The van der Waals surface area contributed by atoms with Crippen LogP contribution in [0.15, 0.2) is 23.1 Å². The summed E-state index contributed by atoms with van der Waals surface area (Å²) in [5, 5.41) is 3.13. The van der Waals surface area contributed by atoms with Gasteiger partial charge in [-0.25, -0.2) is 8.42 Å². The second-order valence-corrected chi connectivity index (χ2v) is 12.1. The molecular weight excluding hydrogens is 422 g/mol. The fourth-order valence-corrected chi connectivity index (χ4v) is 6.89. The fraction of sp³-hybridized carbons (Fsp3) is 0.720. The Balaban J connectivity index is 1.27. The second-order valence-electron chi connectivity index (χ2n) is 10.1. The highest BCUT2D eigenvalue weighted by Gasteiger charge is 2.33. The molecule has 1 N–H and O–H groups in total. The van der Waals surface area contributed by atoms with Crippen LogP contribution in [0.2, 0.25) is 0 Å². The first kappa shape index (κ1) is 23.7. The molecule has 1 amide bonds. The van der Waals surface area contributed by atoms with Crippen LogP contribution in [0.5, 0.6) is 0 Å². The van der Waals surface area contributed by atoms with E-state index >= 15 is 0 Å². The summed E-state index contributed by atoms with van der Waals surface area (Å²) in [4.78, 5) is 15.6. The van der Waals surface area contributed by atoms with E-state index in [9.17, 15) is 13.2 Å². The Morgan fingerprint density at radius 2 is 1.69 bits per heavy atom. The predicted octanol–water partition coefficient (Wildman–Crippen LogP) is 3.20. The third-order valence-electron chi connectivity index (χ3n) is 7.80. The van der Waals surface area contributed by atoms with Crippen LogP contribution in [0.25, 0.3) is 0 Å². The first-order valence-corrected chi connectivity index (χ1v) is 13.9. The van der Waals surface area contributed by atoms with Gasteiger partial charge in [0.2, 0.25) is 15.9 Å². The molecule has 2 heterocycles. The SMILES string of the molecule is CC1CCN([C@@H](C)CNC(=O)C2CCN(S(=O)(=O)c3ccc4c(c3)CCCC4)CC2)CC1. The van der Waals surface area contributed by atoms with Crippen molar-refractivity contribution in [2.45, 2.75) is 76.2 Å². The third-order valence-corrected chi connectivity index (χ3v) is 9.69. The Labute approximate surface area is 193 Å². The maximum absolute atomic E-state index is 13.2. The van der Waals surface area contributed by atoms with Crippen LogP contribution >= 0.6 is 0 Å². The molecule has 1 aliphatic carbocycles. The van der Waals surface area contributed by atoms with Gasteiger partial charge >= 0.3 is 0 Å². The number of sulfonamides is 1. The number of carbonyl (C=O) groups excluding carboxylic acids is 1. The molecule has 6 nitrogen and oxygen atoms in total. The molecule has 0 aromatic heterocycles. The molecule has 0 saturated carbocycles. The molecule has 4 rings (SSSR count). The van der Waals surface area contributed by atoms with Crippen LogP contribution < -0.4 is 5.32 Å². The smallest absolute Gasteiger partial charge is 0.243 e. The first-order valence-electron chi connectivity index (χ1n) is 12.5. The van der Waals surface area contributed by atoms with Crippen molar-refractivity contribution in [1.82, 2.24) is 14.5 Å². The van der Waals surface area contributed by atoms with Crippen LogP contribution in [0, 0.1) is 11.8 Å². The van der Waals surface area contributed by atoms with Gasteiger partial charge in [0.1, 0.15) is 0 Å². The van der Waals surface area contributed by atoms with E-state index in [0.29, 0.717) is 43.4 Å². The number of likely N-dealkylation sites (tertiary alicyclic amines) is 1.